The lowest BCUT2D eigenvalue weighted by Crippen LogP contribution is -2.02. The highest BCUT2D eigenvalue weighted by atomic mass is 32.2. The van der Waals surface area contributed by atoms with Crippen molar-refractivity contribution >= 4 is 16.4 Å². The van der Waals surface area contributed by atoms with Crippen molar-refractivity contribution in [1.29, 1.82) is 0 Å². The van der Waals surface area contributed by atoms with E-state index in [1.54, 1.807) is 0 Å². The van der Waals surface area contributed by atoms with Gasteiger partial charge < -0.3 is 4.74 Å². The van der Waals surface area contributed by atoms with Gasteiger partial charge in [-0.05, 0) is 29.5 Å². The molecule has 0 radical (unpaired) electrons. The molecule has 0 saturated carbocycles. The Hall–Kier alpha value is -1.09. The zero-order chi connectivity index (χ0) is 9.68. The van der Waals surface area contributed by atoms with E-state index in [-0.39, 0.29) is 16.4 Å². The third-order valence-electron chi connectivity index (χ3n) is 1.55. The van der Waals surface area contributed by atoms with Crippen LogP contribution in [0.5, 0.6) is 0 Å². The van der Waals surface area contributed by atoms with Gasteiger partial charge in [-0.2, -0.15) is 0 Å². The van der Waals surface area contributed by atoms with Crippen molar-refractivity contribution in [2.45, 2.75) is 12.7 Å². The molecule has 0 spiro atoms. The van der Waals surface area contributed by atoms with Gasteiger partial charge in [0.2, 0.25) is 0 Å². The van der Waals surface area contributed by atoms with Crippen molar-refractivity contribution in [3.8, 4) is 0 Å². The van der Waals surface area contributed by atoms with Crippen LogP contribution in [0.25, 0.3) is 0 Å². The standard InChI is InChI=1S/C10H13O2S/c1-3-7-13-8-5-6-9(13)10(11)12-4-2/h3,5-6,8H,1,4,7H2,2H3/q+1. The number of thiophene rings is 1. The van der Waals surface area contributed by atoms with Crippen LogP contribution in [0.3, 0.4) is 0 Å². The third kappa shape index (κ3) is 2.42. The summed E-state index contributed by atoms with van der Waals surface area (Å²) in [6.45, 7) is 5.90. The molecule has 2 nitrogen and oxygen atoms in total. The molecule has 1 rings (SSSR count). The summed E-state index contributed by atoms with van der Waals surface area (Å²) in [6, 6.07) is 3.73. The second kappa shape index (κ2) is 4.82. The van der Waals surface area contributed by atoms with Crippen LogP contribution in [0.2, 0.25) is 0 Å². The Kier molecular flexibility index (Phi) is 3.71. The van der Waals surface area contributed by atoms with Crippen LogP contribution in [-0.4, -0.2) is 12.6 Å². The van der Waals surface area contributed by atoms with E-state index in [1.807, 2.05) is 30.5 Å². The first-order chi connectivity index (χ1) is 6.29. The average Bonchev–Trinajstić information content (AvgIpc) is 2.54. The molecule has 1 unspecified atom stereocenters. The molecule has 13 heavy (non-hydrogen) atoms. The number of rotatable bonds is 4. The molecule has 1 aromatic rings. The predicted molar refractivity (Wildman–Crippen MR) is 55.1 cm³/mol. The summed E-state index contributed by atoms with van der Waals surface area (Å²) in [5.41, 5.74) is 0. The van der Waals surface area contributed by atoms with Crippen LogP contribution in [-0.2, 0) is 10.5 Å². The Morgan fingerprint density at radius 1 is 1.77 bits per heavy atom. The first-order valence-corrected chi connectivity index (χ1v) is 5.61. The lowest BCUT2D eigenvalue weighted by Gasteiger charge is -1.95. The van der Waals surface area contributed by atoms with Crippen molar-refractivity contribution in [2.75, 3.05) is 6.61 Å². The van der Waals surface area contributed by atoms with E-state index in [1.165, 1.54) is 0 Å². The van der Waals surface area contributed by atoms with Crippen LogP contribution in [0, 0.1) is 0 Å². The first kappa shape index (κ1) is 9.99. The molecule has 0 aliphatic rings. The minimum atomic E-state index is -0.197. The Labute approximate surface area is 80.8 Å². The van der Waals surface area contributed by atoms with Gasteiger partial charge >= 0.3 is 5.97 Å². The maximum Gasteiger partial charge on any atom is 0.391 e. The fraction of sp³-hybridized carbons (Fsp3) is 0.300. The lowest BCUT2D eigenvalue weighted by atomic mass is 10.5. The number of carbonyl (C=O) groups excluding carboxylic acids is 1. The molecule has 0 fully saturated rings. The summed E-state index contributed by atoms with van der Waals surface area (Å²) < 4.78 is 4.93. The number of hydrogen-bond donors (Lipinski definition) is 0. The van der Waals surface area contributed by atoms with Gasteiger partial charge in [-0.25, -0.2) is 4.79 Å². The van der Waals surface area contributed by atoms with Gasteiger partial charge in [-0.3, -0.25) is 0 Å². The molecule has 0 bridgehead atoms. The summed E-state index contributed by atoms with van der Waals surface area (Å²) in [5.74, 6) is 0.624. The fourth-order valence-electron chi connectivity index (χ4n) is 1.03. The second-order valence-corrected chi connectivity index (χ2v) is 4.37. The quantitative estimate of drug-likeness (QED) is 0.421. The molecule has 1 atom stereocenters. The normalized spacial score (nSPS) is 11.0. The zero-order valence-corrected chi connectivity index (χ0v) is 8.47. The van der Waals surface area contributed by atoms with Crippen LogP contribution in [0.1, 0.15) is 16.6 Å². The smallest absolute Gasteiger partial charge is 0.391 e. The molecule has 1 aromatic heterocycles. The summed E-state index contributed by atoms with van der Waals surface area (Å²) in [4.78, 5) is 12.1. The fourth-order valence-corrected chi connectivity index (χ4v) is 2.52. The maximum absolute atomic E-state index is 11.4. The molecule has 0 aromatic carbocycles. The Bertz CT molecular complexity index is 302. The van der Waals surface area contributed by atoms with Crippen LogP contribution in [0.4, 0.5) is 0 Å². The highest BCUT2D eigenvalue weighted by molar-refractivity contribution is 7.31. The maximum atomic E-state index is 11.4. The van der Waals surface area contributed by atoms with Gasteiger partial charge in [0.05, 0.1) is 6.61 Å². The van der Waals surface area contributed by atoms with Gasteiger partial charge in [0.15, 0.2) is 0 Å². The van der Waals surface area contributed by atoms with Crippen molar-refractivity contribution in [1.82, 2.24) is 0 Å². The molecule has 1 heterocycles. The van der Waals surface area contributed by atoms with E-state index in [4.69, 9.17) is 4.74 Å². The number of ether oxygens (including phenoxy) is 1. The third-order valence-corrected chi connectivity index (χ3v) is 3.50. The molecular weight excluding hydrogens is 184 g/mol. The van der Waals surface area contributed by atoms with Gasteiger partial charge in [0, 0.05) is 6.07 Å². The molecule has 0 saturated heterocycles. The molecule has 0 N–H and O–H groups in total. The number of allylic oxidation sites excluding steroid dienone is 1. The highest BCUT2D eigenvalue weighted by Gasteiger charge is 2.20. The molecular formula is C10H13O2S+. The number of esters is 1. The topological polar surface area (TPSA) is 26.3 Å². The molecule has 0 aliphatic heterocycles. The largest absolute Gasteiger partial charge is 0.459 e. The zero-order valence-electron chi connectivity index (χ0n) is 7.66. The van der Waals surface area contributed by atoms with Crippen molar-refractivity contribution in [3.63, 3.8) is 0 Å². The average molecular weight is 197 g/mol. The highest BCUT2D eigenvalue weighted by Crippen LogP contribution is 2.26. The van der Waals surface area contributed by atoms with Gasteiger partial charge in [0.25, 0.3) is 4.88 Å². The first-order valence-electron chi connectivity index (χ1n) is 4.15. The van der Waals surface area contributed by atoms with E-state index in [0.29, 0.717) is 6.61 Å². The van der Waals surface area contributed by atoms with Crippen molar-refractivity contribution in [2.24, 2.45) is 0 Å². The van der Waals surface area contributed by atoms with Crippen LogP contribution in [0.15, 0.2) is 30.2 Å². The SMILES string of the molecule is C=CC[s+]1cccc1C(=O)OCC. The van der Waals surface area contributed by atoms with E-state index in [9.17, 15) is 4.79 Å². The minimum Gasteiger partial charge on any atom is -0.459 e. The number of hydrogen-bond acceptors (Lipinski definition) is 2. The van der Waals surface area contributed by atoms with E-state index in [0.717, 1.165) is 10.6 Å². The van der Waals surface area contributed by atoms with Gasteiger partial charge in [-0.1, -0.05) is 6.58 Å². The molecule has 0 aliphatic carbocycles. The Balaban J connectivity index is 2.80. The monoisotopic (exact) mass is 197 g/mol. The van der Waals surface area contributed by atoms with Gasteiger partial charge in [-0.15, -0.1) is 0 Å². The van der Waals surface area contributed by atoms with E-state index >= 15 is 0 Å². The number of carbonyl (C=O) groups is 1. The van der Waals surface area contributed by atoms with Crippen molar-refractivity contribution in [3.05, 3.63) is 35.0 Å². The summed E-state index contributed by atoms with van der Waals surface area (Å²) in [6.07, 6.45) is 1.83. The Morgan fingerprint density at radius 3 is 3.15 bits per heavy atom. The van der Waals surface area contributed by atoms with Crippen LogP contribution >= 0.6 is 10.5 Å². The molecule has 3 heteroatoms. The molecule has 70 valence electrons. The second-order valence-electron chi connectivity index (χ2n) is 2.46. The summed E-state index contributed by atoms with van der Waals surface area (Å²) in [5, 5.41) is 2.02. The van der Waals surface area contributed by atoms with E-state index in [2.05, 4.69) is 6.58 Å². The van der Waals surface area contributed by atoms with Crippen molar-refractivity contribution < 1.29 is 9.53 Å². The molecule has 0 amide bonds. The van der Waals surface area contributed by atoms with Crippen LogP contribution < -0.4 is 0 Å². The van der Waals surface area contributed by atoms with E-state index < -0.39 is 0 Å². The summed E-state index contributed by atoms with van der Waals surface area (Å²) >= 11 is 0. The minimum absolute atomic E-state index is 0.109. The van der Waals surface area contributed by atoms with Gasteiger partial charge in [0.1, 0.15) is 11.1 Å². The predicted octanol–water partition coefficient (Wildman–Crippen LogP) is 2.80. The summed E-state index contributed by atoms with van der Waals surface area (Å²) in [7, 11) is -0.109. The lowest BCUT2D eigenvalue weighted by molar-refractivity contribution is 0.0532. The Morgan fingerprint density at radius 2 is 2.54 bits per heavy atom.